The van der Waals surface area contributed by atoms with Gasteiger partial charge in [-0.1, -0.05) is 12.1 Å². The minimum absolute atomic E-state index is 0.442. The molecule has 0 spiro atoms. The van der Waals surface area contributed by atoms with E-state index in [9.17, 15) is 9.59 Å². The van der Waals surface area contributed by atoms with E-state index in [1.54, 1.807) is 26.0 Å². The number of aryl methyl sites for hydroxylation is 1. The summed E-state index contributed by atoms with van der Waals surface area (Å²) in [6, 6.07) is 6.28. The molecule has 3 amide bonds. The van der Waals surface area contributed by atoms with E-state index in [1.165, 1.54) is 0 Å². The van der Waals surface area contributed by atoms with E-state index in [0.29, 0.717) is 17.8 Å². The van der Waals surface area contributed by atoms with Gasteiger partial charge in [-0.15, -0.1) is 0 Å². The van der Waals surface area contributed by atoms with Crippen LogP contribution >= 0.6 is 0 Å². The van der Waals surface area contributed by atoms with E-state index < -0.39 is 18.0 Å². The van der Waals surface area contributed by atoms with Gasteiger partial charge in [0.25, 0.3) is 0 Å². The lowest BCUT2D eigenvalue weighted by Gasteiger charge is -2.16. The predicted molar refractivity (Wildman–Crippen MR) is 76.2 cm³/mol. The highest BCUT2D eigenvalue weighted by Crippen LogP contribution is 2.19. The molecule has 0 saturated carbocycles. The second-order valence-corrected chi connectivity index (χ2v) is 4.32. The Balaban J connectivity index is 2.74. The third kappa shape index (κ3) is 3.99. The van der Waals surface area contributed by atoms with Crippen LogP contribution in [0.5, 0.6) is 0 Å². The lowest BCUT2D eigenvalue weighted by molar-refractivity contribution is -0.120. The highest BCUT2D eigenvalue weighted by atomic mass is 16.2. The van der Waals surface area contributed by atoms with Gasteiger partial charge in [0.2, 0.25) is 5.91 Å². The Hall–Kier alpha value is -2.55. The summed E-state index contributed by atoms with van der Waals surface area (Å²) in [6.07, 6.45) is 0. The van der Waals surface area contributed by atoms with E-state index in [1.807, 2.05) is 13.0 Å². The molecule has 3 N–H and O–H groups in total. The summed E-state index contributed by atoms with van der Waals surface area (Å²) in [7, 11) is 0. The van der Waals surface area contributed by atoms with Crippen molar-refractivity contribution in [1.82, 2.24) is 10.6 Å². The molecule has 0 saturated heterocycles. The first-order valence-electron chi connectivity index (χ1n) is 6.34. The van der Waals surface area contributed by atoms with Crippen LogP contribution in [0, 0.1) is 18.3 Å². The number of nitrogens with one attached hydrogen (secondary N) is 3. The summed E-state index contributed by atoms with van der Waals surface area (Å²) in [4.78, 5) is 23.1. The van der Waals surface area contributed by atoms with E-state index in [4.69, 9.17) is 5.26 Å². The van der Waals surface area contributed by atoms with Crippen LogP contribution in [0.4, 0.5) is 10.5 Å². The van der Waals surface area contributed by atoms with Gasteiger partial charge in [0.1, 0.15) is 12.1 Å². The maximum atomic E-state index is 11.8. The van der Waals surface area contributed by atoms with Crippen LogP contribution in [-0.4, -0.2) is 24.5 Å². The van der Waals surface area contributed by atoms with Crippen molar-refractivity contribution in [1.29, 1.82) is 5.26 Å². The minimum atomic E-state index is -0.633. The third-order valence-corrected chi connectivity index (χ3v) is 2.72. The number of anilines is 1. The summed E-state index contributed by atoms with van der Waals surface area (Å²) in [5, 5.41) is 16.7. The molecule has 0 radical (unpaired) electrons. The van der Waals surface area contributed by atoms with Crippen LogP contribution in [0.25, 0.3) is 0 Å². The second kappa shape index (κ2) is 7.14. The normalized spacial score (nSPS) is 11.1. The SMILES string of the molecule is CCNC(=O)NC(=O)C(C)Nc1cccc(C)c1C#N. The van der Waals surface area contributed by atoms with Crippen LogP contribution < -0.4 is 16.0 Å². The molecule has 0 bridgehead atoms. The Morgan fingerprint density at radius 1 is 1.40 bits per heavy atom. The third-order valence-electron chi connectivity index (χ3n) is 2.72. The Kier molecular flexibility index (Phi) is 5.54. The van der Waals surface area contributed by atoms with Crippen molar-refractivity contribution in [3.05, 3.63) is 29.3 Å². The number of urea groups is 1. The maximum absolute atomic E-state index is 11.8. The Morgan fingerprint density at radius 2 is 2.10 bits per heavy atom. The summed E-state index contributed by atoms with van der Waals surface area (Å²) in [5.41, 5.74) is 1.89. The molecule has 1 rings (SSSR count). The number of imide groups is 1. The first-order chi connectivity index (χ1) is 9.49. The first kappa shape index (κ1) is 15.5. The molecule has 20 heavy (non-hydrogen) atoms. The molecule has 6 nitrogen and oxygen atoms in total. The van der Waals surface area contributed by atoms with Crippen molar-refractivity contribution < 1.29 is 9.59 Å². The van der Waals surface area contributed by atoms with Gasteiger partial charge < -0.3 is 10.6 Å². The van der Waals surface area contributed by atoms with Crippen LogP contribution in [0.15, 0.2) is 18.2 Å². The predicted octanol–water partition coefficient (Wildman–Crippen LogP) is 1.51. The highest BCUT2D eigenvalue weighted by Gasteiger charge is 2.16. The Bertz CT molecular complexity index is 549. The van der Waals surface area contributed by atoms with E-state index >= 15 is 0 Å². The number of nitrogens with zero attached hydrogens (tertiary/aromatic N) is 1. The monoisotopic (exact) mass is 274 g/mol. The molecular weight excluding hydrogens is 256 g/mol. The molecule has 0 aliphatic rings. The molecular formula is C14H18N4O2. The lowest BCUT2D eigenvalue weighted by Crippen LogP contribution is -2.45. The van der Waals surface area contributed by atoms with Crippen LogP contribution in [0.2, 0.25) is 0 Å². The zero-order valence-electron chi connectivity index (χ0n) is 11.8. The molecule has 0 fully saturated rings. The van der Waals surface area contributed by atoms with Gasteiger partial charge in [-0.05, 0) is 32.4 Å². The molecule has 0 aromatic heterocycles. The van der Waals surface area contributed by atoms with Crippen molar-refractivity contribution in [2.75, 3.05) is 11.9 Å². The van der Waals surface area contributed by atoms with Gasteiger partial charge in [-0.2, -0.15) is 5.26 Å². The number of hydrogen-bond donors (Lipinski definition) is 3. The van der Waals surface area contributed by atoms with E-state index in [-0.39, 0.29) is 0 Å². The maximum Gasteiger partial charge on any atom is 0.321 e. The number of carbonyl (C=O) groups excluding carboxylic acids is 2. The summed E-state index contributed by atoms with van der Waals surface area (Å²) in [6.45, 7) is 5.65. The lowest BCUT2D eigenvalue weighted by atomic mass is 10.1. The fourth-order valence-electron chi connectivity index (χ4n) is 1.66. The number of nitriles is 1. The van der Waals surface area contributed by atoms with E-state index in [0.717, 1.165) is 5.56 Å². The molecule has 106 valence electrons. The molecule has 1 aromatic rings. The first-order valence-corrected chi connectivity index (χ1v) is 6.34. The molecule has 1 unspecified atom stereocenters. The number of hydrogen-bond acceptors (Lipinski definition) is 4. The zero-order valence-corrected chi connectivity index (χ0v) is 11.8. The fourth-order valence-corrected chi connectivity index (χ4v) is 1.66. The standard InChI is InChI=1S/C14H18N4O2/c1-4-16-14(20)18-13(19)10(3)17-12-7-5-6-9(2)11(12)8-15/h5-7,10,17H,4H2,1-3H3,(H2,16,18,19,20). The highest BCUT2D eigenvalue weighted by molar-refractivity contribution is 5.98. The van der Waals surface area contributed by atoms with Crippen LogP contribution in [0.1, 0.15) is 25.0 Å². The van der Waals surface area contributed by atoms with Crippen LogP contribution in [0.3, 0.4) is 0 Å². The topological polar surface area (TPSA) is 94.0 Å². The van der Waals surface area contributed by atoms with Gasteiger partial charge in [0, 0.05) is 6.54 Å². The Morgan fingerprint density at radius 3 is 2.70 bits per heavy atom. The molecule has 0 aliphatic heterocycles. The smallest absolute Gasteiger partial charge is 0.321 e. The van der Waals surface area contributed by atoms with Gasteiger partial charge in [0.15, 0.2) is 0 Å². The average molecular weight is 274 g/mol. The largest absolute Gasteiger partial charge is 0.373 e. The molecule has 1 atom stereocenters. The van der Waals surface area contributed by atoms with Crippen molar-refractivity contribution in [2.24, 2.45) is 0 Å². The molecule has 1 aromatic carbocycles. The van der Waals surface area contributed by atoms with Crippen molar-refractivity contribution in [2.45, 2.75) is 26.8 Å². The molecule has 0 aliphatic carbocycles. The number of benzene rings is 1. The average Bonchev–Trinajstić information content (AvgIpc) is 2.39. The van der Waals surface area contributed by atoms with Gasteiger partial charge >= 0.3 is 6.03 Å². The fraction of sp³-hybridized carbons (Fsp3) is 0.357. The summed E-state index contributed by atoms with van der Waals surface area (Å²) in [5.74, 6) is -0.457. The Labute approximate surface area is 118 Å². The van der Waals surface area contributed by atoms with Crippen molar-refractivity contribution in [3.8, 4) is 6.07 Å². The van der Waals surface area contributed by atoms with Crippen molar-refractivity contribution in [3.63, 3.8) is 0 Å². The molecule has 6 heteroatoms. The number of amides is 3. The van der Waals surface area contributed by atoms with Gasteiger partial charge in [-0.3, -0.25) is 10.1 Å². The summed E-state index contributed by atoms with van der Waals surface area (Å²) < 4.78 is 0. The zero-order chi connectivity index (χ0) is 15.1. The van der Waals surface area contributed by atoms with Gasteiger partial charge in [-0.25, -0.2) is 4.79 Å². The molecule has 0 heterocycles. The van der Waals surface area contributed by atoms with Crippen LogP contribution in [-0.2, 0) is 4.79 Å². The second-order valence-electron chi connectivity index (χ2n) is 4.32. The van der Waals surface area contributed by atoms with E-state index in [2.05, 4.69) is 22.0 Å². The minimum Gasteiger partial charge on any atom is -0.373 e. The van der Waals surface area contributed by atoms with Crippen molar-refractivity contribution >= 4 is 17.6 Å². The number of rotatable bonds is 4. The number of carbonyl (C=O) groups is 2. The summed E-state index contributed by atoms with van der Waals surface area (Å²) >= 11 is 0. The quantitative estimate of drug-likeness (QED) is 0.775. The van der Waals surface area contributed by atoms with Gasteiger partial charge in [0.05, 0.1) is 11.3 Å².